The Labute approximate surface area is 203 Å². The number of nitrogens with zero attached hydrogens (tertiary/aromatic N) is 5. The first-order valence-corrected chi connectivity index (χ1v) is 11.5. The molecule has 0 saturated carbocycles. The van der Waals surface area contributed by atoms with E-state index in [-0.39, 0.29) is 24.0 Å². The average Bonchev–Trinajstić information content (AvgIpc) is 3.30. The molecule has 31 heavy (non-hydrogen) atoms. The Morgan fingerprint density at radius 1 is 1.06 bits per heavy atom. The molecular formula is C23H36IN7. The van der Waals surface area contributed by atoms with Gasteiger partial charge in [0.1, 0.15) is 12.4 Å². The summed E-state index contributed by atoms with van der Waals surface area (Å²) in [5.74, 6) is 2.98. The number of fused-ring (bicyclic) bond motifs is 1. The molecule has 4 rings (SSSR count). The highest BCUT2D eigenvalue weighted by atomic mass is 127. The molecule has 3 heterocycles. The van der Waals surface area contributed by atoms with Crippen LogP contribution < -0.4 is 10.6 Å². The fourth-order valence-electron chi connectivity index (χ4n) is 4.52. The molecule has 2 aliphatic rings. The van der Waals surface area contributed by atoms with Crippen molar-refractivity contribution in [2.45, 2.75) is 71.1 Å². The Kier molecular flexibility index (Phi) is 9.57. The van der Waals surface area contributed by atoms with Gasteiger partial charge < -0.3 is 15.2 Å². The second-order valence-corrected chi connectivity index (χ2v) is 8.32. The Morgan fingerprint density at radius 3 is 2.77 bits per heavy atom. The summed E-state index contributed by atoms with van der Waals surface area (Å²) in [7, 11) is 0. The normalized spacial score (nSPS) is 19.4. The van der Waals surface area contributed by atoms with E-state index in [9.17, 15) is 0 Å². The smallest absolute Gasteiger partial charge is 0.191 e. The van der Waals surface area contributed by atoms with Crippen LogP contribution in [0, 0.1) is 0 Å². The third-order valence-electron chi connectivity index (χ3n) is 6.14. The van der Waals surface area contributed by atoms with Gasteiger partial charge in [0.2, 0.25) is 0 Å². The van der Waals surface area contributed by atoms with Crippen LogP contribution in [0.2, 0.25) is 0 Å². The van der Waals surface area contributed by atoms with E-state index in [0.29, 0.717) is 12.6 Å². The molecule has 1 aromatic carbocycles. The summed E-state index contributed by atoms with van der Waals surface area (Å²) in [6.45, 7) is 7.65. The molecule has 1 aromatic heterocycles. The number of aromatic nitrogens is 3. The van der Waals surface area contributed by atoms with Gasteiger partial charge in [-0.3, -0.25) is 4.90 Å². The van der Waals surface area contributed by atoms with E-state index in [2.05, 4.69) is 67.6 Å². The standard InChI is InChI=1S/C23H35N7.HI/c1-2-24-23(26-17-22-28-27-21-13-7-4-8-15-30(21)22)25-16-20-12-9-14-29(20)18-19-10-5-3-6-11-19;/h3,5-6,10-11,20H,2,4,7-9,12-18H2,1H3,(H2,24,25,26);1H. The average molecular weight is 537 g/mol. The molecule has 1 fully saturated rings. The minimum absolute atomic E-state index is 0. The topological polar surface area (TPSA) is 70.4 Å². The maximum absolute atomic E-state index is 4.82. The van der Waals surface area contributed by atoms with Gasteiger partial charge in [0.25, 0.3) is 0 Å². The van der Waals surface area contributed by atoms with Crippen LogP contribution in [0.1, 0.15) is 56.2 Å². The number of likely N-dealkylation sites (tertiary alicyclic amines) is 1. The number of halogens is 1. The lowest BCUT2D eigenvalue weighted by molar-refractivity contribution is 0.245. The highest BCUT2D eigenvalue weighted by molar-refractivity contribution is 14.0. The van der Waals surface area contributed by atoms with Crippen LogP contribution in [0.25, 0.3) is 0 Å². The van der Waals surface area contributed by atoms with Crippen LogP contribution >= 0.6 is 24.0 Å². The molecular weight excluding hydrogens is 501 g/mol. The van der Waals surface area contributed by atoms with Crippen molar-refractivity contribution in [1.29, 1.82) is 0 Å². The van der Waals surface area contributed by atoms with Crippen molar-refractivity contribution in [3.63, 3.8) is 0 Å². The van der Waals surface area contributed by atoms with E-state index in [1.54, 1.807) is 0 Å². The second-order valence-electron chi connectivity index (χ2n) is 8.32. The van der Waals surface area contributed by atoms with Gasteiger partial charge in [-0.15, -0.1) is 34.2 Å². The van der Waals surface area contributed by atoms with Crippen molar-refractivity contribution >= 4 is 29.9 Å². The molecule has 2 aromatic rings. The summed E-state index contributed by atoms with van der Waals surface area (Å²) in [6.07, 6.45) is 7.23. The van der Waals surface area contributed by atoms with Gasteiger partial charge in [-0.1, -0.05) is 36.8 Å². The van der Waals surface area contributed by atoms with Crippen molar-refractivity contribution in [2.75, 3.05) is 19.6 Å². The van der Waals surface area contributed by atoms with Crippen molar-refractivity contribution in [2.24, 2.45) is 4.99 Å². The monoisotopic (exact) mass is 537 g/mol. The lowest BCUT2D eigenvalue weighted by Crippen LogP contribution is -2.44. The van der Waals surface area contributed by atoms with Gasteiger partial charge in [0.05, 0.1) is 0 Å². The Bertz CT molecular complexity index is 821. The van der Waals surface area contributed by atoms with Crippen LogP contribution in [0.4, 0.5) is 0 Å². The predicted octanol–water partition coefficient (Wildman–Crippen LogP) is 3.34. The van der Waals surface area contributed by atoms with Gasteiger partial charge in [-0.05, 0) is 44.7 Å². The predicted molar refractivity (Wildman–Crippen MR) is 136 cm³/mol. The van der Waals surface area contributed by atoms with Crippen LogP contribution in [0.15, 0.2) is 35.3 Å². The first-order valence-electron chi connectivity index (χ1n) is 11.5. The molecule has 170 valence electrons. The number of hydrogen-bond acceptors (Lipinski definition) is 4. The zero-order valence-corrected chi connectivity index (χ0v) is 20.9. The summed E-state index contributed by atoms with van der Waals surface area (Å²) >= 11 is 0. The maximum Gasteiger partial charge on any atom is 0.191 e. The molecule has 2 N–H and O–H groups in total. The molecule has 7 nitrogen and oxygen atoms in total. The molecule has 2 aliphatic heterocycles. The van der Waals surface area contributed by atoms with Crippen LogP contribution in [0.3, 0.4) is 0 Å². The third-order valence-corrected chi connectivity index (χ3v) is 6.14. The molecule has 0 bridgehead atoms. The molecule has 0 aliphatic carbocycles. The fraction of sp³-hybridized carbons (Fsp3) is 0.609. The molecule has 8 heteroatoms. The number of guanidine groups is 1. The van der Waals surface area contributed by atoms with E-state index in [1.165, 1.54) is 44.2 Å². The minimum Gasteiger partial charge on any atom is -0.357 e. The number of aliphatic imine (C=N–C) groups is 1. The van der Waals surface area contributed by atoms with Crippen LogP contribution in [-0.2, 0) is 26.1 Å². The summed E-state index contributed by atoms with van der Waals surface area (Å²) < 4.78 is 2.28. The summed E-state index contributed by atoms with van der Waals surface area (Å²) in [5.41, 5.74) is 1.39. The fourth-order valence-corrected chi connectivity index (χ4v) is 4.52. The van der Waals surface area contributed by atoms with Crippen molar-refractivity contribution < 1.29 is 0 Å². The highest BCUT2D eigenvalue weighted by Gasteiger charge is 2.24. The number of aryl methyl sites for hydroxylation is 1. The SMILES string of the molecule is CCNC(=NCc1nnc2n1CCCCC2)NCC1CCCN1Cc1ccccc1.I. The Balaban J connectivity index is 0.00000272. The van der Waals surface area contributed by atoms with Gasteiger partial charge in [-0.2, -0.15) is 0 Å². The summed E-state index contributed by atoms with van der Waals surface area (Å²) in [5, 5.41) is 15.8. The molecule has 0 radical (unpaired) electrons. The maximum atomic E-state index is 4.82. The van der Waals surface area contributed by atoms with Crippen molar-refractivity contribution in [3.05, 3.63) is 47.5 Å². The number of benzene rings is 1. The molecule has 1 unspecified atom stereocenters. The second kappa shape index (κ2) is 12.4. The summed E-state index contributed by atoms with van der Waals surface area (Å²) in [6, 6.07) is 11.3. The molecule has 0 amide bonds. The quantitative estimate of drug-likeness (QED) is 0.322. The van der Waals surface area contributed by atoms with Gasteiger partial charge >= 0.3 is 0 Å². The van der Waals surface area contributed by atoms with Crippen molar-refractivity contribution in [3.8, 4) is 0 Å². The van der Waals surface area contributed by atoms with Crippen LogP contribution in [-0.4, -0.2) is 51.3 Å². The molecule has 0 spiro atoms. The number of hydrogen-bond donors (Lipinski definition) is 2. The van der Waals surface area contributed by atoms with Gasteiger partial charge in [0, 0.05) is 38.6 Å². The highest BCUT2D eigenvalue weighted by Crippen LogP contribution is 2.19. The lowest BCUT2D eigenvalue weighted by atomic mass is 10.2. The largest absolute Gasteiger partial charge is 0.357 e. The third kappa shape index (κ3) is 6.65. The van der Waals surface area contributed by atoms with E-state index in [1.807, 2.05) is 0 Å². The van der Waals surface area contributed by atoms with Crippen LogP contribution in [0.5, 0.6) is 0 Å². The van der Waals surface area contributed by atoms with E-state index in [0.717, 1.165) is 50.2 Å². The number of nitrogens with one attached hydrogen (secondary N) is 2. The molecule has 1 atom stereocenters. The zero-order chi connectivity index (χ0) is 20.6. The first-order chi connectivity index (χ1) is 14.8. The summed E-state index contributed by atoms with van der Waals surface area (Å²) in [4.78, 5) is 7.40. The van der Waals surface area contributed by atoms with Gasteiger partial charge in [-0.25, -0.2) is 4.99 Å². The van der Waals surface area contributed by atoms with E-state index >= 15 is 0 Å². The lowest BCUT2D eigenvalue weighted by Gasteiger charge is -2.25. The number of rotatable bonds is 7. The van der Waals surface area contributed by atoms with E-state index < -0.39 is 0 Å². The van der Waals surface area contributed by atoms with Crippen molar-refractivity contribution in [1.82, 2.24) is 30.3 Å². The van der Waals surface area contributed by atoms with Gasteiger partial charge in [0.15, 0.2) is 11.8 Å². The Morgan fingerprint density at radius 2 is 1.94 bits per heavy atom. The zero-order valence-electron chi connectivity index (χ0n) is 18.6. The Hall–Kier alpha value is -1.68. The minimum atomic E-state index is 0. The first kappa shape index (κ1) is 24.0. The molecule has 1 saturated heterocycles. The van der Waals surface area contributed by atoms with E-state index in [4.69, 9.17) is 4.99 Å².